The average Bonchev–Trinajstić information content (AvgIpc) is 2.30. The van der Waals surface area contributed by atoms with Crippen LogP contribution in [0.4, 0.5) is 0 Å². The number of nitrogens with two attached hydrogens (primary N) is 1. The molecule has 5 heteroatoms. The Hall–Kier alpha value is -0.200. The third-order valence-corrected chi connectivity index (χ3v) is 2.65. The molecule has 5 nitrogen and oxygen atoms in total. The van der Waals surface area contributed by atoms with Crippen LogP contribution in [0.2, 0.25) is 0 Å². The quantitative estimate of drug-likeness (QED) is 0.566. The summed E-state index contributed by atoms with van der Waals surface area (Å²) in [7, 11) is 0. The van der Waals surface area contributed by atoms with Crippen LogP contribution in [0.3, 0.4) is 0 Å². The van der Waals surface area contributed by atoms with E-state index in [9.17, 15) is 0 Å². The predicted molar refractivity (Wildman–Crippen MR) is 55.7 cm³/mol. The molecule has 1 aliphatic heterocycles. The average molecular weight is 219 g/mol. The number of aliphatic hydroxyl groups is 1. The van der Waals surface area contributed by atoms with Gasteiger partial charge in [0.2, 0.25) is 0 Å². The van der Waals surface area contributed by atoms with Crippen molar-refractivity contribution in [1.82, 2.24) is 0 Å². The molecule has 90 valence electrons. The minimum atomic E-state index is -0.221. The van der Waals surface area contributed by atoms with Gasteiger partial charge in [0.1, 0.15) is 0 Å². The highest BCUT2D eigenvalue weighted by Gasteiger charge is 2.31. The summed E-state index contributed by atoms with van der Waals surface area (Å²) in [6, 6.07) is 0. The standard InChI is InChI=1S/C10H21NO4/c11-9-10(1-4-13-5-2-10)15-8-7-14-6-3-12/h12H,1-9,11H2. The third kappa shape index (κ3) is 4.44. The molecule has 3 N–H and O–H groups in total. The van der Waals surface area contributed by atoms with Crippen molar-refractivity contribution in [2.45, 2.75) is 18.4 Å². The number of rotatable bonds is 7. The lowest BCUT2D eigenvalue weighted by molar-refractivity contribution is -0.116. The van der Waals surface area contributed by atoms with Gasteiger partial charge in [0.25, 0.3) is 0 Å². The SMILES string of the molecule is NCC1(OCCOCCO)CCOCC1. The molecule has 1 aliphatic rings. The van der Waals surface area contributed by atoms with Crippen molar-refractivity contribution >= 4 is 0 Å². The highest BCUT2D eigenvalue weighted by atomic mass is 16.5. The van der Waals surface area contributed by atoms with Crippen LogP contribution in [0.25, 0.3) is 0 Å². The van der Waals surface area contributed by atoms with Gasteiger partial charge in [-0.05, 0) is 0 Å². The molecular weight excluding hydrogens is 198 g/mol. The molecule has 0 aromatic heterocycles. The van der Waals surface area contributed by atoms with Crippen molar-refractivity contribution in [3.05, 3.63) is 0 Å². The fourth-order valence-corrected chi connectivity index (χ4v) is 1.63. The zero-order valence-electron chi connectivity index (χ0n) is 9.11. The highest BCUT2D eigenvalue weighted by Crippen LogP contribution is 2.23. The van der Waals surface area contributed by atoms with Gasteiger partial charge in [0.05, 0.1) is 32.0 Å². The van der Waals surface area contributed by atoms with Gasteiger partial charge in [-0.25, -0.2) is 0 Å². The summed E-state index contributed by atoms with van der Waals surface area (Å²) < 4.78 is 16.1. The van der Waals surface area contributed by atoms with E-state index in [0.29, 0.717) is 39.6 Å². The Kier molecular flexibility index (Phi) is 6.12. The van der Waals surface area contributed by atoms with Crippen molar-refractivity contribution in [1.29, 1.82) is 0 Å². The maximum Gasteiger partial charge on any atom is 0.0849 e. The molecule has 1 heterocycles. The Labute approximate surface area is 90.5 Å². The van der Waals surface area contributed by atoms with Crippen molar-refractivity contribution in [3.8, 4) is 0 Å². The van der Waals surface area contributed by atoms with E-state index < -0.39 is 0 Å². The van der Waals surface area contributed by atoms with Crippen LogP contribution in [0.1, 0.15) is 12.8 Å². The van der Waals surface area contributed by atoms with Crippen LogP contribution in [0, 0.1) is 0 Å². The predicted octanol–water partition coefficient (Wildman–Crippen LogP) is -0.480. The Morgan fingerprint density at radius 2 is 1.93 bits per heavy atom. The topological polar surface area (TPSA) is 73.9 Å². The van der Waals surface area contributed by atoms with Crippen molar-refractivity contribution in [2.24, 2.45) is 5.73 Å². The number of hydrogen-bond donors (Lipinski definition) is 2. The van der Waals surface area contributed by atoms with Crippen molar-refractivity contribution in [3.63, 3.8) is 0 Å². The molecule has 0 amide bonds. The van der Waals surface area contributed by atoms with Crippen LogP contribution in [-0.2, 0) is 14.2 Å². The molecule has 0 unspecified atom stereocenters. The third-order valence-electron chi connectivity index (χ3n) is 2.65. The van der Waals surface area contributed by atoms with E-state index >= 15 is 0 Å². The van der Waals surface area contributed by atoms with Gasteiger partial charge < -0.3 is 25.1 Å². The normalized spacial score (nSPS) is 20.4. The highest BCUT2D eigenvalue weighted by molar-refractivity contribution is 4.84. The second-order valence-electron chi connectivity index (χ2n) is 3.68. The molecule has 0 saturated carbocycles. The number of ether oxygens (including phenoxy) is 3. The van der Waals surface area contributed by atoms with Crippen LogP contribution in [-0.4, -0.2) is 56.9 Å². The first-order valence-electron chi connectivity index (χ1n) is 5.43. The second-order valence-corrected chi connectivity index (χ2v) is 3.68. The van der Waals surface area contributed by atoms with Crippen LogP contribution >= 0.6 is 0 Å². The maximum atomic E-state index is 8.51. The number of aliphatic hydroxyl groups excluding tert-OH is 1. The molecule has 0 radical (unpaired) electrons. The Morgan fingerprint density at radius 1 is 1.20 bits per heavy atom. The Bertz CT molecular complexity index is 160. The first kappa shape index (κ1) is 12.9. The van der Waals surface area contributed by atoms with E-state index in [4.69, 9.17) is 25.1 Å². The van der Waals surface area contributed by atoms with Gasteiger partial charge in [-0.1, -0.05) is 0 Å². The summed E-state index contributed by atoms with van der Waals surface area (Å²) in [5.74, 6) is 0. The largest absolute Gasteiger partial charge is 0.394 e. The van der Waals surface area contributed by atoms with Gasteiger partial charge in [-0.15, -0.1) is 0 Å². The maximum absolute atomic E-state index is 8.51. The van der Waals surface area contributed by atoms with Gasteiger partial charge in [-0.2, -0.15) is 0 Å². The zero-order valence-corrected chi connectivity index (χ0v) is 9.11. The smallest absolute Gasteiger partial charge is 0.0849 e. The van der Waals surface area contributed by atoms with Crippen molar-refractivity contribution in [2.75, 3.05) is 46.2 Å². The van der Waals surface area contributed by atoms with E-state index in [0.717, 1.165) is 12.8 Å². The summed E-state index contributed by atoms with van der Waals surface area (Å²) >= 11 is 0. The minimum Gasteiger partial charge on any atom is -0.394 e. The summed E-state index contributed by atoms with van der Waals surface area (Å²) in [5.41, 5.74) is 5.50. The molecule has 0 bridgehead atoms. The summed E-state index contributed by atoms with van der Waals surface area (Å²) in [5, 5.41) is 8.51. The molecule has 0 spiro atoms. The summed E-state index contributed by atoms with van der Waals surface area (Å²) in [6.45, 7) is 3.40. The first-order chi connectivity index (χ1) is 7.33. The van der Waals surface area contributed by atoms with Crippen LogP contribution in [0.15, 0.2) is 0 Å². The lowest BCUT2D eigenvalue weighted by Gasteiger charge is -2.36. The Balaban J connectivity index is 2.15. The molecule has 15 heavy (non-hydrogen) atoms. The van der Waals surface area contributed by atoms with Crippen LogP contribution < -0.4 is 5.73 Å². The number of hydrogen-bond acceptors (Lipinski definition) is 5. The summed E-state index contributed by atoms with van der Waals surface area (Å²) in [4.78, 5) is 0. The van der Waals surface area contributed by atoms with E-state index in [1.165, 1.54) is 0 Å². The monoisotopic (exact) mass is 219 g/mol. The van der Waals surface area contributed by atoms with Gasteiger partial charge >= 0.3 is 0 Å². The van der Waals surface area contributed by atoms with Gasteiger partial charge in [0, 0.05) is 32.6 Å². The second kappa shape index (κ2) is 7.14. The van der Waals surface area contributed by atoms with Crippen LogP contribution in [0.5, 0.6) is 0 Å². The lowest BCUT2D eigenvalue weighted by Crippen LogP contribution is -2.46. The molecule has 0 aromatic rings. The van der Waals surface area contributed by atoms with Crippen molar-refractivity contribution < 1.29 is 19.3 Å². The van der Waals surface area contributed by atoms with E-state index in [1.54, 1.807) is 0 Å². The first-order valence-corrected chi connectivity index (χ1v) is 5.43. The Morgan fingerprint density at radius 3 is 2.53 bits per heavy atom. The molecular formula is C10H21NO4. The molecule has 0 atom stereocenters. The fourth-order valence-electron chi connectivity index (χ4n) is 1.63. The van der Waals surface area contributed by atoms with Gasteiger partial charge in [-0.3, -0.25) is 0 Å². The van der Waals surface area contributed by atoms with E-state index in [1.807, 2.05) is 0 Å². The molecule has 1 saturated heterocycles. The minimum absolute atomic E-state index is 0.0515. The van der Waals surface area contributed by atoms with E-state index in [2.05, 4.69) is 0 Å². The lowest BCUT2D eigenvalue weighted by atomic mass is 9.94. The van der Waals surface area contributed by atoms with E-state index in [-0.39, 0.29) is 12.2 Å². The molecule has 1 fully saturated rings. The molecule has 1 rings (SSSR count). The fraction of sp³-hybridized carbons (Fsp3) is 1.00. The molecule has 0 aliphatic carbocycles. The summed E-state index contributed by atoms with van der Waals surface area (Å²) in [6.07, 6.45) is 1.70. The van der Waals surface area contributed by atoms with Gasteiger partial charge in [0.15, 0.2) is 0 Å². The zero-order chi connectivity index (χ0) is 11.0. The molecule has 0 aromatic carbocycles.